The van der Waals surface area contributed by atoms with E-state index in [1.54, 1.807) is 17.4 Å². The second-order valence-electron chi connectivity index (χ2n) is 7.98. The summed E-state index contributed by atoms with van der Waals surface area (Å²) in [6.45, 7) is 2.83. The van der Waals surface area contributed by atoms with E-state index >= 15 is 0 Å². The number of hydrogen-bond acceptors (Lipinski definition) is 5. The Bertz CT molecular complexity index is 1160. The fraction of sp³-hybridized carbons (Fsp3) is 0.280. The first-order chi connectivity index (χ1) is 16.0. The number of amides is 2. The minimum Gasteiger partial charge on any atom is -0.330 e. The number of nitrogens with zero attached hydrogens (tertiary/aromatic N) is 3. The number of benzene rings is 2. The van der Waals surface area contributed by atoms with E-state index in [4.69, 9.17) is 0 Å². The molecule has 0 N–H and O–H groups in total. The summed E-state index contributed by atoms with van der Waals surface area (Å²) >= 11 is 1.71. The summed E-state index contributed by atoms with van der Waals surface area (Å²) in [5.41, 5.74) is 2.24. The number of thiophene rings is 1. The molecule has 0 saturated carbocycles. The summed E-state index contributed by atoms with van der Waals surface area (Å²) in [6.07, 6.45) is 1.46. The van der Waals surface area contributed by atoms with E-state index in [1.807, 2.05) is 42.2 Å². The molecule has 2 aromatic carbocycles. The Hall–Kier alpha value is -3.52. The summed E-state index contributed by atoms with van der Waals surface area (Å²) in [6, 6.07) is 17.5. The molecule has 1 unspecified atom stereocenters. The molecule has 170 valence electrons. The van der Waals surface area contributed by atoms with Crippen molar-refractivity contribution in [2.45, 2.75) is 25.8 Å². The monoisotopic (exact) mass is 463 g/mol. The third-order valence-corrected chi connectivity index (χ3v) is 6.81. The van der Waals surface area contributed by atoms with Crippen LogP contribution in [0.15, 0.2) is 66.0 Å². The Balaban J connectivity index is 1.60. The molecular formula is C25H25N3O4S. The van der Waals surface area contributed by atoms with Gasteiger partial charge < -0.3 is 9.80 Å². The maximum Gasteiger partial charge on any atom is 0.270 e. The molecule has 8 heteroatoms. The van der Waals surface area contributed by atoms with Crippen LogP contribution in [0.3, 0.4) is 0 Å². The van der Waals surface area contributed by atoms with Crippen molar-refractivity contribution < 1.29 is 14.5 Å². The molecule has 0 saturated heterocycles. The number of carbonyl (C=O) groups is 2. The average molecular weight is 464 g/mol. The molecule has 2 heterocycles. The number of non-ortho nitro benzene ring substituents is 1. The first-order valence-corrected chi connectivity index (χ1v) is 11.8. The Kier molecular flexibility index (Phi) is 6.84. The maximum absolute atomic E-state index is 13.5. The molecule has 0 bridgehead atoms. The molecule has 1 atom stereocenters. The SMILES string of the molecule is CCCN(CC(=O)N1CCc2sccc2C1c1ccccc1)C(=O)c1cccc([N+](=O)[O-])c1. The predicted molar refractivity (Wildman–Crippen MR) is 127 cm³/mol. The highest BCUT2D eigenvalue weighted by atomic mass is 32.1. The van der Waals surface area contributed by atoms with Gasteiger partial charge in [0.05, 0.1) is 11.0 Å². The first-order valence-electron chi connectivity index (χ1n) is 10.9. The average Bonchev–Trinajstić information content (AvgIpc) is 3.32. The minimum atomic E-state index is -0.525. The van der Waals surface area contributed by atoms with E-state index < -0.39 is 4.92 Å². The zero-order valence-corrected chi connectivity index (χ0v) is 19.2. The highest BCUT2D eigenvalue weighted by molar-refractivity contribution is 7.10. The zero-order valence-electron chi connectivity index (χ0n) is 18.3. The highest BCUT2D eigenvalue weighted by Crippen LogP contribution is 2.37. The first kappa shape index (κ1) is 22.7. The molecule has 0 radical (unpaired) electrons. The minimum absolute atomic E-state index is 0.0713. The van der Waals surface area contributed by atoms with Gasteiger partial charge in [-0.3, -0.25) is 19.7 Å². The van der Waals surface area contributed by atoms with Gasteiger partial charge in [0.1, 0.15) is 6.54 Å². The molecule has 7 nitrogen and oxygen atoms in total. The summed E-state index contributed by atoms with van der Waals surface area (Å²) in [5.74, 6) is -0.508. The quantitative estimate of drug-likeness (QED) is 0.376. The maximum atomic E-state index is 13.5. The zero-order chi connectivity index (χ0) is 23.4. The van der Waals surface area contributed by atoms with Gasteiger partial charge in [-0.1, -0.05) is 43.3 Å². The van der Waals surface area contributed by atoms with Crippen molar-refractivity contribution in [2.24, 2.45) is 0 Å². The van der Waals surface area contributed by atoms with E-state index in [2.05, 4.69) is 11.4 Å². The van der Waals surface area contributed by atoms with Crippen LogP contribution in [0.1, 0.15) is 45.7 Å². The normalized spacial score (nSPS) is 15.1. The van der Waals surface area contributed by atoms with Crippen LogP contribution in [0, 0.1) is 10.1 Å². The lowest BCUT2D eigenvalue weighted by molar-refractivity contribution is -0.384. The Labute approximate surface area is 196 Å². The lowest BCUT2D eigenvalue weighted by atomic mass is 9.93. The van der Waals surface area contributed by atoms with Crippen LogP contribution < -0.4 is 0 Å². The third kappa shape index (κ3) is 4.80. The molecule has 1 aromatic heterocycles. The van der Waals surface area contributed by atoms with E-state index in [-0.39, 0.29) is 35.7 Å². The lowest BCUT2D eigenvalue weighted by Crippen LogP contribution is -2.47. The summed E-state index contributed by atoms with van der Waals surface area (Å²) < 4.78 is 0. The van der Waals surface area contributed by atoms with E-state index in [0.717, 1.165) is 17.5 Å². The molecule has 4 rings (SSSR count). The molecule has 3 aromatic rings. The number of nitro benzene ring substituents is 1. The second kappa shape index (κ2) is 9.95. The Morgan fingerprint density at radius 3 is 2.67 bits per heavy atom. The van der Waals surface area contributed by atoms with Gasteiger partial charge in [0.25, 0.3) is 11.6 Å². The van der Waals surface area contributed by atoms with Crippen LogP contribution in [0.5, 0.6) is 0 Å². The van der Waals surface area contributed by atoms with Crippen LogP contribution in [0.2, 0.25) is 0 Å². The Morgan fingerprint density at radius 1 is 1.15 bits per heavy atom. The van der Waals surface area contributed by atoms with Gasteiger partial charge in [0.15, 0.2) is 0 Å². The van der Waals surface area contributed by atoms with Gasteiger partial charge in [-0.2, -0.15) is 0 Å². The van der Waals surface area contributed by atoms with Gasteiger partial charge in [-0.25, -0.2) is 0 Å². The van der Waals surface area contributed by atoms with Crippen molar-refractivity contribution >= 4 is 28.8 Å². The molecule has 2 amide bonds. The molecule has 1 aliphatic heterocycles. The van der Waals surface area contributed by atoms with Gasteiger partial charge in [-0.05, 0) is 41.5 Å². The molecule has 0 spiro atoms. The molecule has 1 aliphatic rings. The number of rotatable bonds is 7. The van der Waals surface area contributed by atoms with Crippen molar-refractivity contribution in [1.29, 1.82) is 0 Å². The number of hydrogen-bond donors (Lipinski definition) is 0. The van der Waals surface area contributed by atoms with Gasteiger partial charge >= 0.3 is 0 Å². The predicted octanol–water partition coefficient (Wildman–Crippen LogP) is 4.68. The number of fused-ring (bicyclic) bond motifs is 1. The highest BCUT2D eigenvalue weighted by Gasteiger charge is 2.34. The summed E-state index contributed by atoms with van der Waals surface area (Å²) in [5, 5.41) is 13.2. The Morgan fingerprint density at radius 2 is 1.94 bits per heavy atom. The van der Waals surface area contributed by atoms with Crippen LogP contribution in [0.25, 0.3) is 0 Å². The van der Waals surface area contributed by atoms with Crippen molar-refractivity contribution in [1.82, 2.24) is 9.80 Å². The van der Waals surface area contributed by atoms with Crippen molar-refractivity contribution in [3.05, 3.63) is 97.7 Å². The topological polar surface area (TPSA) is 83.8 Å². The summed E-state index contributed by atoms with van der Waals surface area (Å²) in [4.78, 5) is 41.9. The van der Waals surface area contributed by atoms with Crippen molar-refractivity contribution in [3.8, 4) is 0 Å². The van der Waals surface area contributed by atoms with Crippen LogP contribution in [-0.4, -0.2) is 46.2 Å². The van der Waals surface area contributed by atoms with Gasteiger partial charge in [0, 0.05) is 35.7 Å². The lowest BCUT2D eigenvalue weighted by Gasteiger charge is -2.37. The fourth-order valence-electron chi connectivity index (χ4n) is 4.29. The molecule has 33 heavy (non-hydrogen) atoms. The smallest absolute Gasteiger partial charge is 0.270 e. The molecular weight excluding hydrogens is 438 g/mol. The second-order valence-corrected chi connectivity index (χ2v) is 8.98. The van der Waals surface area contributed by atoms with E-state index in [0.29, 0.717) is 19.5 Å². The van der Waals surface area contributed by atoms with E-state index in [9.17, 15) is 19.7 Å². The van der Waals surface area contributed by atoms with E-state index in [1.165, 1.54) is 28.0 Å². The third-order valence-electron chi connectivity index (χ3n) is 5.81. The molecule has 0 aliphatic carbocycles. The fourth-order valence-corrected chi connectivity index (χ4v) is 5.20. The molecule has 0 fully saturated rings. The van der Waals surface area contributed by atoms with Gasteiger partial charge in [0.2, 0.25) is 5.91 Å². The van der Waals surface area contributed by atoms with Gasteiger partial charge in [-0.15, -0.1) is 11.3 Å². The van der Waals surface area contributed by atoms with Crippen molar-refractivity contribution in [3.63, 3.8) is 0 Å². The van der Waals surface area contributed by atoms with Crippen molar-refractivity contribution in [2.75, 3.05) is 19.6 Å². The number of carbonyl (C=O) groups excluding carboxylic acids is 2. The summed E-state index contributed by atoms with van der Waals surface area (Å²) in [7, 11) is 0. The largest absolute Gasteiger partial charge is 0.330 e. The standard InChI is InChI=1S/C25H25N3O4S/c1-2-13-26(25(30)19-9-6-10-20(16-19)28(31)32)17-23(29)27-14-11-22-21(12-15-33-22)24(27)18-7-4-3-5-8-18/h3-10,12,15-16,24H,2,11,13-14,17H2,1H3. The van der Waals surface area contributed by atoms with Crippen LogP contribution in [-0.2, 0) is 11.2 Å². The van der Waals surface area contributed by atoms with Crippen LogP contribution >= 0.6 is 11.3 Å². The number of nitro groups is 1. The van der Waals surface area contributed by atoms with Crippen LogP contribution in [0.4, 0.5) is 5.69 Å².